The third kappa shape index (κ3) is 2.85. The van der Waals surface area contributed by atoms with Crippen molar-refractivity contribution >= 4 is 23.1 Å². The Balaban J connectivity index is 2.34. The van der Waals surface area contributed by atoms with Gasteiger partial charge in [-0.05, 0) is 19.8 Å². The molecule has 1 saturated carbocycles. The predicted molar refractivity (Wildman–Crippen MR) is 65.8 cm³/mol. The van der Waals surface area contributed by atoms with Crippen molar-refractivity contribution in [3.63, 3.8) is 0 Å². The highest BCUT2D eigenvalue weighted by atomic mass is 35.5. The molecule has 0 saturated heterocycles. The van der Waals surface area contributed by atoms with Crippen LogP contribution in [0.15, 0.2) is 0 Å². The first-order valence-electron chi connectivity index (χ1n) is 5.62. The van der Waals surface area contributed by atoms with Crippen LogP contribution < -0.4 is 5.32 Å². The molecule has 1 fully saturated rings. The van der Waals surface area contributed by atoms with Crippen molar-refractivity contribution in [1.29, 1.82) is 0 Å². The Hall–Kier alpha value is -1.47. The highest BCUT2D eigenvalue weighted by Crippen LogP contribution is 2.41. The molecule has 1 aromatic heterocycles. The molecule has 1 aromatic rings. The second-order valence-electron chi connectivity index (χ2n) is 4.33. The lowest BCUT2D eigenvalue weighted by Gasteiger charge is -2.09. The van der Waals surface area contributed by atoms with E-state index in [2.05, 4.69) is 15.3 Å². The molecule has 1 aliphatic carbocycles. The van der Waals surface area contributed by atoms with Crippen LogP contribution in [0.3, 0.4) is 0 Å². The fourth-order valence-electron chi connectivity index (χ4n) is 1.50. The zero-order valence-corrected chi connectivity index (χ0v) is 10.5. The minimum Gasteiger partial charge on any atom is -0.392 e. The normalized spacial score (nSPS) is 16.4. The van der Waals surface area contributed by atoms with Crippen molar-refractivity contribution in [3.05, 3.63) is 21.1 Å². The average molecular weight is 273 g/mol. The molecule has 0 bridgehead atoms. The van der Waals surface area contributed by atoms with E-state index < -0.39 is 11.0 Å². The Morgan fingerprint density at radius 3 is 2.78 bits per heavy atom. The van der Waals surface area contributed by atoms with Crippen molar-refractivity contribution in [1.82, 2.24) is 9.97 Å². The zero-order valence-electron chi connectivity index (χ0n) is 9.76. The maximum atomic E-state index is 10.9. The summed E-state index contributed by atoms with van der Waals surface area (Å²) in [4.78, 5) is 18.4. The molecule has 8 heteroatoms. The first-order chi connectivity index (χ1) is 8.49. The average Bonchev–Trinajstić information content (AvgIpc) is 3.08. The molecule has 0 aliphatic heterocycles. The van der Waals surface area contributed by atoms with Gasteiger partial charge in [0.05, 0.1) is 11.0 Å². The van der Waals surface area contributed by atoms with E-state index in [0.29, 0.717) is 5.82 Å². The van der Waals surface area contributed by atoms with Crippen molar-refractivity contribution in [3.8, 4) is 0 Å². The smallest absolute Gasteiger partial charge is 0.348 e. The van der Waals surface area contributed by atoms with Crippen molar-refractivity contribution in [2.24, 2.45) is 0 Å². The van der Waals surface area contributed by atoms with Crippen LogP contribution in [0.1, 0.15) is 31.5 Å². The maximum absolute atomic E-state index is 10.9. The Morgan fingerprint density at radius 1 is 1.61 bits per heavy atom. The molecule has 2 rings (SSSR count). The number of rotatable bonds is 5. The van der Waals surface area contributed by atoms with Crippen LogP contribution in [0.25, 0.3) is 0 Å². The van der Waals surface area contributed by atoms with Crippen molar-refractivity contribution in [2.75, 3.05) is 11.9 Å². The predicted octanol–water partition coefficient (Wildman–Crippen LogP) is 1.71. The number of hydrogen-bond acceptors (Lipinski definition) is 6. The lowest BCUT2D eigenvalue weighted by atomic mass is 10.3. The lowest BCUT2D eigenvalue weighted by Crippen LogP contribution is -2.18. The number of hydrogen-bond donors (Lipinski definition) is 2. The fraction of sp³-hybridized carbons (Fsp3) is 0.600. The number of halogens is 1. The summed E-state index contributed by atoms with van der Waals surface area (Å²) in [5, 5.41) is 22.7. The van der Waals surface area contributed by atoms with Crippen LogP contribution >= 0.6 is 11.6 Å². The molecule has 1 aliphatic rings. The van der Waals surface area contributed by atoms with Crippen LogP contribution in [-0.2, 0) is 0 Å². The molecule has 1 heterocycles. The summed E-state index contributed by atoms with van der Waals surface area (Å²) in [5.74, 6) is 0.844. The molecular weight excluding hydrogens is 260 g/mol. The van der Waals surface area contributed by atoms with Crippen LogP contribution in [0, 0.1) is 10.1 Å². The number of nitro groups is 1. The minimum absolute atomic E-state index is 0.0720. The summed E-state index contributed by atoms with van der Waals surface area (Å²) in [5.41, 5.74) is -0.346. The topological polar surface area (TPSA) is 101 Å². The molecular formula is C10H13ClN4O3. The number of anilines is 1. The molecule has 1 unspecified atom stereocenters. The molecule has 98 valence electrons. The van der Waals surface area contributed by atoms with E-state index in [9.17, 15) is 15.2 Å². The van der Waals surface area contributed by atoms with Gasteiger partial charge in [0.15, 0.2) is 0 Å². The Kier molecular flexibility index (Phi) is 3.63. The van der Waals surface area contributed by atoms with Gasteiger partial charge in [0.25, 0.3) is 0 Å². The highest BCUT2D eigenvalue weighted by molar-refractivity contribution is 6.31. The summed E-state index contributed by atoms with van der Waals surface area (Å²) in [6.07, 6.45) is 1.32. The van der Waals surface area contributed by atoms with Gasteiger partial charge in [-0.1, -0.05) is 11.6 Å². The third-order valence-corrected chi connectivity index (χ3v) is 2.81. The monoisotopic (exact) mass is 272 g/mol. The van der Waals surface area contributed by atoms with Gasteiger partial charge in [0, 0.05) is 12.5 Å². The van der Waals surface area contributed by atoms with Crippen molar-refractivity contribution < 1.29 is 10.0 Å². The SMILES string of the molecule is CC(O)CNc1nc(C2CC2)nc(Cl)c1[N+](=O)[O-]. The Morgan fingerprint density at radius 2 is 2.28 bits per heavy atom. The number of aliphatic hydroxyl groups excluding tert-OH is 1. The molecule has 0 amide bonds. The zero-order chi connectivity index (χ0) is 13.3. The van der Waals surface area contributed by atoms with Gasteiger partial charge in [-0.2, -0.15) is 0 Å². The van der Waals surface area contributed by atoms with E-state index in [-0.39, 0.29) is 29.1 Å². The highest BCUT2D eigenvalue weighted by Gasteiger charge is 2.31. The van der Waals surface area contributed by atoms with Crippen LogP contribution in [-0.4, -0.2) is 32.6 Å². The van der Waals surface area contributed by atoms with Gasteiger partial charge in [0.2, 0.25) is 11.0 Å². The first kappa shape index (κ1) is 13.0. The summed E-state index contributed by atoms with van der Waals surface area (Å²) >= 11 is 5.82. The van der Waals surface area contributed by atoms with Crippen LogP contribution in [0.4, 0.5) is 11.5 Å². The quantitative estimate of drug-likeness (QED) is 0.481. The van der Waals surface area contributed by atoms with Gasteiger partial charge in [-0.15, -0.1) is 0 Å². The first-order valence-corrected chi connectivity index (χ1v) is 6.00. The van der Waals surface area contributed by atoms with Crippen LogP contribution in [0.2, 0.25) is 5.15 Å². The van der Waals surface area contributed by atoms with Gasteiger partial charge in [-0.3, -0.25) is 10.1 Å². The molecule has 0 spiro atoms. The summed E-state index contributed by atoms with van der Waals surface area (Å²) in [6, 6.07) is 0. The van der Waals surface area contributed by atoms with Crippen LogP contribution in [0.5, 0.6) is 0 Å². The summed E-state index contributed by atoms with van der Waals surface area (Å²) in [6.45, 7) is 1.74. The lowest BCUT2D eigenvalue weighted by molar-refractivity contribution is -0.384. The molecule has 0 radical (unpaired) electrons. The van der Waals surface area contributed by atoms with Gasteiger partial charge >= 0.3 is 5.69 Å². The number of aromatic nitrogens is 2. The van der Waals surface area contributed by atoms with Crippen molar-refractivity contribution in [2.45, 2.75) is 31.8 Å². The van der Waals surface area contributed by atoms with E-state index in [4.69, 9.17) is 11.6 Å². The number of aliphatic hydroxyl groups is 1. The maximum Gasteiger partial charge on any atom is 0.348 e. The fourth-order valence-corrected chi connectivity index (χ4v) is 1.74. The van der Waals surface area contributed by atoms with Gasteiger partial charge < -0.3 is 10.4 Å². The van der Waals surface area contributed by atoms with E-state index in [1.807, 2.05) is 0 Å². The molecule has 1 atom stereocenters. The van der Waals surface area contributed by atoms with Gasteiger partial charge in [0.1, 0.15) is 5.82 Å². The third-order valence-electron chi connectivity index (χ3n) is 2.55. The Bertz CT molecular complexity index is 476. The molecule has 7 nitrogen and oxygen atoms in total. The van der Waals surface area contributed by atoms with E-state index in [0.717, 1.165) is 12.8 Å². The van der Waals surface area contributed by atoms with Gasteiger partial charge in [-0.25, -0.2) is 9.97 Å². The second kappa shape index (κ2) is 5.03. The number of nitrogens with one attached hydrogen (secondary N) is 1. The largest absolute Gasteiger partial charge is 0.392 e. The van der Waals surface area contributed by atoms with E-state index in [1.54, 1.807) is 6.92 Å². The Labute approximate surface area is 108 Å². The molecule has 0 aromatic carbocycles. The van der Waals surface area contributed by atoms with E-state index >= 15 is 0 Å². The minimum atomic E-state index is -0.636. The second-order valence-corrected chi connectivity index (χ2v) is 4.69. The summed E-state index contributed by atoms with van der Waals surface area (Å²) < 4.78 is 0. The van der Waals surface area contributed by atoms with E-state index in [1.165, 1.54) is 0 Å². The molecule has 2 N–H and O–H groups in total. The standard InChI is InChI=1S/C10H13ClN4O3/c1-5(16)4-12-10-7(15(17)18)8(11)13-9(14-10)6-2-3-6/h5-6,16H,2-4H2,1H3,(H,12,13,14). The number of nitrogens with zero attached hydrogens (tertiary/aromatic N) is 3. The summed E-state index contributed by atoms with van der Waals surface area (Å²) in [7, 11) is 0. The molecule has 18 heavy (non-hydrogen) atoms.